The van der Waals surface area contributed by atoms with Gasteiger partial charge < -0.3 is 5.32 Å². The first-order chi connectivity index (χ1) is 13.7. The van der Waals surface area contributed by atoms with E-state index in [9.17, 15) is 22.8 Å². The Morgan fingerprint density at radius 1 is 1.07 bits per heavy atom. The lowest BCUT2D eigenvalue weighted by molar-refractivity contribution is -0.179. The minimum Gasteiger partial charge on any atom is -0.322 e. The van der Waals surface area contributed by atoms with Crippen molar-refractivity contribution in [3.8, 4) is 0 Å². The molecule has 2 aromatic carbocycles. The van der Waals surface area contributed by atoms with Crippen molar-refractivity contribution in [2.45, 2.75) is 24.3 Å². The minimum absolute atomic E-state index is 0.109. The maximum atomic E-state index is 12.5. The van der Waals surface area contributed by atoms with Gasteiger partial charge in [0.15, 0.2) is 0 Å². The van der Waals surface area contributed by atoms with Gasteiger partial charge in [-0.1, -0.05) is 17.7 Å². The molecule has 3 rings (SSSR count). The second-order valence-corrected chi connectivity index (χ2v) is 8.15. The molecule has 152 valence electrons. The minimum atomic E-state index is -4.05. The van der Waals surface area contributed by atoms with Crippen molar-refractivity contribution in [3.05, 3.63) is 59.7 Å². The molecule has 0 spiro atoms. The fraction of sp³-hybridized carbons (Fsp3) is 0.211. The van der Waals surface area contributed by atoms with Gasteiger partial charge in [-0.3, -0.25) is 19.2 Å². The molecule has 10 heteroatoms. The van der Waals surface area contributed by atoms with E-state index >= 15 is 0 Å². The molecule has 1 aliphatic heterocycles. The summed E-state index contributed by atoms with van der Waals surface area (Å²) in [6.07, 6.45) is -0.323. The molecule has 0 aromatic heterocycles. The Morgan fingerprint density at radius 2 is 1.69 bits per heavy atom. The smallest absolute Gasteiger partial charge is 0.272 e. The summed E-state index contributed by atoms with van der Waals surface area (Å²) in [5.74, 6) is -1.73. The van der Waals surface area contributed by atoms with Crippen molar-refractivity contribution in [2.24, 2.45) is 0 Å². The largest absolute Gasteiger partial charge is 0.322 e. The number of carbonyl (C=O) groups excluding carboxylic acids is 3. The number of rotatable bonds is 6. The summed E-state index contributed by atoms with van der Waals surface area (Å²) in [6, 6.07) is 11.2. The molecular weight excluding hydrogens is 398 g/mol. The van der Waals surface area contributed by atoms with Gasteiger partial charge >= 0.3 is 0 Å². The fourth-order valence-corrected chi connectivity index (χ4v) is 3.96. The summed E-state index contributed by atoms with van der Waals surface area (Å²) < 4.78 is 27.2. The molecule has 0 aliphatic carbocycles. The second-order valence-electron chi connectivity index (χ2n) is 6.43. The zero-order valence-corrected chi connectivity index (χ0v) is 16.5. The van der Waals surface area contributed by atoms with E-state index in [1.165, 1.54) is 24.3 Å². The monoisotopic (exact) mass is 417 g/mol. The Labute approximate surface area is 167 Å². The van der Waals surface area contributed by atoms with Crippen molar-refractivity contribution in [1.82, 2.24) is 9.79 Å². The van der Waals surface area contributed by atoms with Gasteiger partial charge in [0, 0.05) is 11.3 Å². The van der Waals surface area contributed by atoms with Crippen LogP contribution in [0.2, 0.25) is 0 Å². The van der Waals surface area contributed by atoms with Crippen LogP contribution in [0.25, 0.3) is 0 Å². The molecule has 0 unspecified atom stereocenters. The molecule has 1 aliphatic rings. The van der Waals surface area contributed by atoms with Gasteiger partial charge in [-0.25, -0.2) is 8.42 Å². The van der Waals surface area contributed by atoms with Crippen LogP contribution in [0, 0.1) is 6.92 Å². The summed E-state index contributed by atoms with van der Waals surface area (Å²) in [4.78, 5) is 40.4. The molecule has 1 fully saturated rings. The first-order valence-corrected chi connectivity index (χ1v) is 10.1. The number of nitrogens with zero attached hydrogens (tertiary/aromatic N) is 1. The van der Waals surface area contributed by atoms with Crippen LogP contribution in [0.15, 0.2) is 53.4 Å². The molecule has 0 radical (unpaired) electrons. The summed E-state index contributed by atoms with van der Waals surface area (Å²) in [6.45, 7) is 1.91. The normalized spacial score (nSPS) is 16.9. The highest BCUT2D eigenvalue weighted by molar-refractivity contribution is 7.89. The number of sulfonamides is 1. The number of hydroxylamine groups is 2. The zero-order chi connectivity index (χ0) is 21.2. The van der Waals surface area contributed by atoms with E-state index in [2.05, 4.69) is 14.9 Å². The Hall–Kier alpha value is -3.08. The van der Waals surface area contributed by atoms with E-state index in [1.807, 2.05) is 19.1 Å². The number of anilines is 1. The van der Waals surface area contributed by atoms with Crippen molar-refractivity contribution >= 4 is 33.4 Å². The van der Waals surface area contributed by atoms with Crippen LogP contribution < -0.4 is 10.0 Å². The molecule has 29 heavy (non-hydrogen) atoms. The van der Waals surface area contributed by atoms with Gasteiger partial charge in [-0.05, 0) is 43.3 Å². The summed E-state index contributed by atoms with van der Waals surface area (Å²) in [7, 11) is -2.90. The van der Waals surface area contributed by atoms with Crippen molar-refractivity contribution in [2.75, 3.05) is 12.4 Å². The maximum absolute atomic E-state index is 12.5. The summed E-state index contributed by atoms with van der Waals surface area (Å²) in [5.41, 5.74) is 1.91. The van der Waals surface area contributed by atoms with E-state index in [-0.39, 0.29) is 17.2 Å². The van der Waals surface area contributed by atoms with Crippen molar-refractivity contribution < 1.29 is 27.6 Å². The van der Waals surface area contributed by atoms with Crippen LogP contribution in [-0.4, -0.2) is 44.4 Å². The third kappa shape index (κ3) is 4.50. The highest BCUT2D eigenvalue weighted by atomic mass is 32.2. The van der Waals surface area contributed by atoms with E-state index in [0.717, 1.165) is 12.7 Å². The average molecular weight is 417 g/mol. The number of aryl methyl sites for hydroxylation is 1. The topological polar surface area (TPSA) is 122 Å². The molecule has 0 saturated carbocycles. The molecule has 1 heterocycles. The molecule has 2 N–H and O–H groups in total. The van der Waals surface area contributed by atoms with Gasteiger partial charge in [-0.15, -0.1) is 0 Å². The van der Waals surface area contributed by atoms with E-state index in [0.29, 0.717) is 16.3 Å². The van der Waals surface area contributed by atoms with Gasteiger partial charge in [-0.2, -0.15) is 9.79 Å². The maximum Gasteiger partial charge on any atom is 0.272 e. The van der Waals surface area contributed by atoms with E-state index < -0.39 is 27.9 Å². The Kier molecular flexibility index (Phi) is 5.78. The first-order valence-electron chi connectivity index (χ1n) is 8.62. The standard InChI is InChI=1S/C19H19N3O6S/c1-12-3-5-13(6-4-12)18(24)20-14-7-9-15(10-8-14)29(26,27)21-16-11-17(23)22(28-2)19(16)25/h3-10,16,21H,11H2,1-2H3,(H,20,24)/t16-/m1/s1. The number of hydrogen-bond acceptors (Lipinski definition) is 6. The highest BCUT2D eigenvalue weighted by Gasteiger charge is 2.41. The predicted octanol–water partition coefficient (Wildman–Crippen LogP) is 1.21. The van der Waals surface area contributed by atoms with E-state index in [1.54, 1.807) is 12.1 Å². The van der Waals surface area contributed by atoms with Gasteiger partial charge in [0.25, 0.3) is 17.7 Å². The van der Waals surface area contributed by atoms with Crippen LogP contribution in [0.3, 0.4) is 0 Å². The first kappa shape index (κ1) is 20.6. The summed E-state index contributed by atoms with van der Waals surface area (Å²) in [5, 5.41) is 3.20. The Bertz CT molecular complexity index is 1050. The molecule has 9 nitrogen and oxygen atoms in total. The van der Waals surface area contributed by atoms with Gasteiger partial charge in [0.2, 0.25) is 10.0 Å². The van der Waals surface area contributed by atoms with Crippen LogP contribution in [0.1, 0.15) is 22.3 Å². The van der Waals surface area contributed by atoms with E-state index in [4.69, 9.17) is 0 Å². The molecule has 2 aromatic rings. The number of nitrogens with one attached hydrogen (secondary N) is 2. The highest BCUT2D eigenvalue weighted by Crippen LogP contribution is 2.19. The van der Waals surface area contributed by atoms with Crippen LogP contribution in [0.5, 0.6) is 0 Å². The quantitative estimate of drug-likeness (QED) is 0.682. The number of carbonyl (C=O) groups is 3. The number of imide groups is 1. The van der Waals surface area contributed by atoms with Gasteiger partial charge in [0.1, 0.15) is 6.04 Å². The number of benzene rings is 2. The number of hydrogen-bond donors (Lipinski definition) is 2. The van der Waals surface area contributed by atoms with Crippen LogP contribution >= 0.6 is 0 Å². The van der Waals surface area contributed by atoms with Crippen LogP contribution in [-0.2, 0) is 24.4 Å². The Morgan fingerprint density at radius 3 is 2.24 bits per heavy atom. The van der Waals surface area contributed by atoms with Crippen molar-refractivity contribution in [1.29, 1.82) is 0 Å². The lowest BCUT2D eigenvalue weighted by atomic mass is 10.1. The van der Waals surface area contributed by atoms with Crippen molar-refractivity contribution in [3.63, 3.8) is 0 Å². The predicted molar refractivity (Wildman–Crippen MR) is 103 cm³/mol. The molecule has 1 atom stereocenters. The Balaban J connectivity index is 1.69. The molecule has 0 bridgehead atoms. The van der Waals surface area contributed by atoms with Gasteiger partial charge in [0.05, 0.1) is 18.4 Å². The lowest BCUT2D eigenvalue weighted by Gasteiger charge is -2.13. The molecule has 1 saturated heterocycles. The third-order valence-electron chi connectivity index (χ3n) is 4.32. The summed E-state index contributed by atoms with van der Waals surface area (Å²) >= 11 is 0. The molecule has 3 amide bonds. The number of amides is 3. The van der Waals surface area contributed by atoms with Crippen LogP contribution in [0.4, 0.5) is 5.69 Å². The average Bonchev–Trinajstić information content (AvgIpc) is 2.94. The lowest BCUT2D eigenvalue weighted by Crippen LogP contribution is -2.41. The fourth-order valence-electron chi connectivity index (χ4n) is 2.77. The second kappa shape index (κ2) is 8.11. The SMILES string of the molecule is CON1C(=O)C[C@@H](NS(=O)(=O)c2ccc(NC(=O)c3ccc(C)cc3)cc2)C1=O. The zero-order valence-electron chi connectivity index (χ0n) is 15.7. The molecular formula is C19H19N3O6S. The third-order valence-corrected chi connectivity index (χ3v) is 5.81.